The van der Waals surface area contributed by atoms with Gasteiger partial charge in [0.05, 0.1) is 41.5 Å². The van der Waals surface area contributed by atoms with Crippen LogP contribution in [0.5, 0.6) is 0 Å². The van der Waals surface area contributed by atoms with Gasteiger partial charge < -0.3 is 0 Å². The standard InChI is InChI=1S/C8H6N2.C8H9N.C8H7N.C7H7N2.C7H9N.C6H6N2S.3CH4/c1-2-4-8-7(3-1)5-9-6-10-8;1-3-7-4-2-6-9-8(7)5-1;1-2-4-8-7(3-1)5-6-9-8;1-2-5-9-6-4-8-7(9)3-1;1-2-6-4-5-8-7(6)3-1;1-2-9-6-3-7-4-8-5(1)6;;;/h1-6H;2,4,6H,1,3,5H2;1-5H,6H2;1-3,5-6H,4H2;4H,1-3,5H2;1-6H;3*1H4/q;;;+1;;;;;. The van der Waals surface area contributed by atoms with Crippen LogP contribution in [-0.4, -0.2) is 64.1 Å². The second-order valence-electron chi connectivity index (χ2n) is 13.0. The van der Waals surface area contributed by atoms with Crippen molar-refractivity contribution in [2.75, 3.05) is 19.6 Å². The highest BCUT2D eigenvalue weighted by atomic mass is 32.2. The van der Waals surface area contributed by atoms with Gasteiger partial charge in [0.2, 0.25) is 0 Å². The third kappa shape index (κ3) is 12.6. The van der Waals surface area contributed by atoms with E-state index in [0.717, 1.165) is 41.4 Å². The van der Waals surface area contributed by atoms with Crippen molar-refractivity contribution < 1.29 is 4.24 Å². The van der Waals surface area contributed by atoms with Crippen molar-refractivity contribution in [1.82, 2.24) is 15.0 Å². The van der Waals surface area contributed by atoms with Crippen LogP contribution in [0.2, 0.25) is 0 Å². The molecule has 1 saturated carbocycles. The molecule has 0 bridgehead atoms. The van der Waals surface area contributed by atoms with Crippen LogP contribution < -0.4 is 20.3 Å². The maximum atomic E-state index is 4.32. The van der Waals surface area contributed by atoms with Crippen molar-refractivity contribution in [2.24, 2.45) is 25.0 Å². The Morgan fingerprint density at radius 2 is 1.56 bits per heavy atom. The molecule has 0 spiro atoms. The molecule has 8 heterocycles. The molecule has 1 fully saturated rings. The summed E-state index contributed by atoms with van der Waals surface area (Å²) in [5, 5.41) is 6.07. The third-order valence-corrected chi connectivity index (χ3v) is 10.4. The highest BCUT2D eigenvalue weighted by Crippen LogP contribution is 2.26. The van der Waals surface area contributed by atoms with Crippen LogP contribution in [0, 0.1) is 6.21 Å². The number of benzene rings is 2. The molecule has 57 heavy (non-hydrogen) atoms. The van der Waals surface area contributed by atoms with E-state index in [2.05, 4.69) is 81.9 Å². The fourth-order valence-electron chi connectivity index (χ4n) is 6.62. The zero-order valence-electron chi connectivity index (χ0n) is 30.3. The van der Waals surface area contributed by atoms with Gasteiger partial charge >= 0.3 is 5.49 Å². The van der Waals surface area contributed by atoms with E-state index < -0.39 is 0 Å². The summed E-state index contributed by atoms with van der Waals surface area (Å²) in [5.41, 5.74) is 7.75. The summed E-state index contributed by atoms with van der Waals surface area (Å²) in [5.74, 6) is 0. The Morgan fingerprint density at radius 3 is 2.40 bits per heavy atom. The molecule has 12 rings (SSSR count). The number of allylic oxidation sites excluding steroid dienone is 1. The van der Waals surface area contributed by atoms with Gasteiger partial charge in [-0.25, -0.2) is 19.2 Å². The fourth-order valence-corrected chi connectivity index (χ4v) is 7.51. The lowest BCUT2D eigenvalue weighted by atomic mass is 10.2. The van der Waals surface area contributed by atoms with Gasteiger partial charge in [-0.3, -0.25) is 20.0 Å². The van der Waals surface area contributed by atoms with E-state index in [9.17, 15) is 0 Å². The van der Waals surface area contributed by atoms with Crippen molar-refractivity contribution in [2.45, 2.75) is 72.1 Å². The van der Waals surface area contributed by atoms with Crippen LogP contribution in [0.15, 0.2) is 152 Å². The zero-order chi connectivity index (χ0) is 36.6. The number of rotatable bonds is 0. The molecule has 7 aliphatic rings. The molecule has 2 aliphatic carbocycles. The molecule has 2 atom stereocenters. The molecule has 5 aromatic rings. The van der Waals surface area contributed by atoms with Gasteiger partial charge in [0, 0.05) is 41.5 Å². The highest BCUT2D eigenvalue weighted by molar-refractivity contribution is 8.03. The molecule has 0 N–H and O–H groups in total. The highest BCUT2D eigenvalue weighted by Gasteiger charge is 2.21. The Hall–Kier alpha value is -5.74. The molecular weight excluding hydrogens is 723 g/mol. The number of thioether (sulfide) groups is 1. The van der Waals surface area contributed by atoms with Crippen LogP contribution in [0.1, 0.15) is 59.2 Å². The summed E-state index contributed by atoms with van der Waals surface area (Å²) in [4.78, 5) is 33.1. The Morgan fingerprint density at radius 1 is 0.719 bits per heavy atom. The maximum Gasteiger partial charge on any atom is 0.322 e. The molecular formula is C47H56N9S+. The maximum absolute atomic E-state index is 4.32. The van der Waals surface area contributed by atoms with E-state index in [1.54, 1.807) is 24.4 Å². The summed E-state index contributed by atoms with van der Waals surface area (Å²) in [7, 11) is 0. The minimum Gasteiger partial charge on any atom is -0.285 e. The van der Waals surface area contributed by atoms with Crippen molar-refractivity contribution in [3.63, 3.8) is 0 Å². The number of aromatic nitrogens is 4. The second kappa shape index (κ2) is 23.4. The molecule has 0 radical (unpaired) electrons. The molecule has 3 aromatic heterocycles. The van der Waals surface area contributed by atoms with Gasteiger partial charge in [0.25, 0.3) is 0 Å². The SMILES string of the molecule is C.C.C.C1=C2CCCC2=NC1.C1=CC2N=CN=CC2S1.C1=[n+]2ccccc2=NC1.C1=c2ccccc2=NC1.c1ccc2ncncc2c1.c1cnc2c(c1)CCC2. The van der Waals surface area contributed by atoms with E-state index in [-0.39, 0.29) is 22.3 Å². The normalized spacial score (nSPS) is 18.0. The monoisotopic (exact) mass is 778 g/mol. The predicted molar refractivity (Wildman–Crippen MR) is 240 cm³/mol. The lowest BCUT2D eigenvalue weighted by Gasteiger charge is -2.10. The molecule has 2 aromatic carbocycles. The van der Waals surface area contributed by atoms with Crippen LogP contribution in [0.4, 0.5) is 0 Å². The molecule has 0 saturated heterocycles. The zero-order valence-corrected chi connectivity index (χ0v) is 31.1. The summed E-state index contributed by atoms with van der Waals surface area (Å²) >= 11 is 1.78. The minimum atomic E-state index is 0. The molecule has 0 amide bonds. The number of para-hydroxylation sites is 2. The van der Waals surface area contributed by atoms with Crippen LogP contribution in [0.3, 0.4) is 0 Å². The van der Waals surface area contributed by atoms with Gasteiger partial charge in [-0.15, -0.1) is 11.8 Å². The van der Waals surface area contributed by atoms with Crippen molar-refractivity contribution in [3.05, 3.63) is 160 Å². The summed E-state index contributed by atoms with van der Waals surface area (Å²) < 4.78 is 2.03. The Kier molecular flexibility index (Phi) is 18.0. The van der Waals surface area contributed by atoms with E-state index in [1.165, 1.54) is 66.3 Å². The van der Waals surface area contributed by atoms with Crippen LogP contribution >= 0.6 is 11.8 Å². The summed E-state index contributed by atoms with van der Waals surface area (Å²) in [6, 6.07) is 26.7. The lowest BCUT2D eigenvalue weighted by molar-refractivity contribution is -0.522. The predicted octanol–water partition coefficient (Wildman–Crippen LogP) is 7.47. The van der Waals surface area contributed by atoms with E-state index in [1.807, 2.05) is 95.8 Å². The molecule has 294 valence electrons. The Labute approximate surface area is 342 Å². The number of hydrogen-bond acceptors (Lipinski definition) is 9. The van der Waals surface area contributed by atoms with Gasteiger partial charge in [0.1, 0.15) is 18.9 Å². The van der Waals surface area contributed by atoms with E-state index in [0.29, 0.717) is 11.3 Å². The number of pyridine rings is 2. The molecule has 9 nitrogen and oxygen atoms in total. The number of aryl methyl sites for hydroxylation is 2. The lowest BCUT2D eigenvalue weighted by Crippen LogP contribution is -2.32. The van der Waals surface area contributed by atoms with Crippen LogP contribution in [-0.2, 0) is 12.8 Å². The largest absolute Gasteiger partial charge is 0.322 e. The van der Waals surface area contributed by atoms with Crippen molar-refractivity contribution in [1.29, 1.82) is 0 Å². The molecule has 5 aliphatic heterocycles. The van der Waals surface area contributed by atoms with Crippen molar-refractivity contribution in [3.8, 4) is 0 Å². The van der Waals surface area contributed by atoms with Crippen LogP contribution in [0.25, 0.3) is 17.0 Å². The number of hydrogen-bond donors (Lipinski definition) is 0. The average molecular weight is 779 g/mol. The first-order valence-corrected chi connectivity index (χ1v) is 19.5. The fraction of sp³-hybridized carbons (Fsp3) is 0.298. The van der Waals surface area contributed by atoms with Crippen molar-refractivity contribution >= 4 is 47.0 Å². The molecule has 2 unspecified atom stereocenters. The van der Waals surface area contributed by atoms with Gasteiger partial charge in [-0.2, -0.15) is 0 Å². The summed E-state index contributed by atoms with van der Waals surface area (Å²) in [6.07, 6.45) is 27.0. The smallest absolute Gasteiger partial charge is 0.285 e. The van der Waals surface area contributed by atoms with E-state index in [4.69, 9.17) is 0 Å². The number of fused-ring (bicyclic) bond motifs is 6. The first kappa shape index (κ1) is 44.0. The van der Waals surface area contributed by atoms with E-state index >= 15 is 0 Å². The molecule has 10 heteroatoms. The van der Waals surface area contributed by atoms with Gasteiger partial charge in [0.15, 0.2) is 6.54 Å². The third-order valence-electron chi connectivity index (χ3n) is 9.40. The van der Waals surface area contributed by atoms with Gasteiger partial charge in [-0.05, 0) is 84.6 Å². The second-order valence-corrected chi connectivity index (χ2v) is 14.1. The Bertz CT molecular complexity index is 2210. The Balaban J connectivity index is 0.000000150. The number of aliphatic imine (C=N–C) groups is 3. The average Bonchev–Trinajstić information content (AvgIpc) is 4.09. The first-order chi connectivity index (χ1) is 26.8. The quantitative estimate of drug-likeness (QED) is 0.152. The summed E-state index contributed by atoms with van der Waals surface area (Å²) in [6.45, 7) is 2.65. The minimum absolute atomic E-state index is 0. The number of nitrogens with zero attached hydrogens (tertiary/aromatic N) is 9. The topological polar surface area (TPSA) is 106 Å². The first-order valence-electron chi connectivity index (χ1n) is 18.6. The van der Waals surface area contributed by atoms with Gasteiger partial charge in [-0.1, -0.05) is 94.0 Å².